The molecule has 3 aromatic rings. The Kier molecular flexibility index (Phi) is 5.64. The van der Waals surface area contributed by atoms with Crippen LogP contribution in [0.4, 0.5) is 13.2 Å². The first-order valence-corrected chi connectivity index (χ1v) is 10.6. The average Bonchev–Trinajstić information content (AvgIpc) is 2.64. The van der Waals surface area contributed by atoms with Crippen LogP contribution in [0.25, 0.3) is 0 Å². The molecule has 0 fully saturated rings. The Balaban J connectivity index is 2.15. The number of benzene rings is 2. The van der Waals surface area contributed by atoms with E-state index in [1.54, 1.807) is 32.0 Å². The molecule has 0 aliphatic heterocycles. The number of pyridine rings is 1. The largest absolute Gasteiger partial charge is 0.416 e. The van der Waals surface area contributed by atoms with Crippen LogP contribution in [0.1, 0.15) is 27.9 Å². The fraction of sp³-hybridized carbons (Fsp3) is 0.227. The molecule has 0 atom stereocenters. The highest BCUT2D eigenvalue weighted by atomic mass is 32.2. The smallest absolute Gasteiger partial charge is 0.307 e. The number of halogens is 3. The third kappa shape index (κ3) is 4.18. The van der Waals surface area contributed by atoms with Crippen LogP contribution in [-0.2, 0) is 22.6 Å². The number of rotatable bonds is 4. The van der Waals surface area contributed by atoms with Gasteiger partial charge in [0, 0.05) is 5.69 Å². The Labute approximate surface area is 172 Å². The zero-order valence-corrected chi connectivity index (χ0v) is 17.4. The van der Waals surface area contributed by atoms with E-state index in [4.69, 9.17) is 0 Å². The molecule has 0 aliphatic rings. The number of sulfone groups is 1. The highest BCUT2D eigenvalue weighted by Gasteiger charge is 2.30. The van der Waals surface area contributed by atoms with Crippen LogP contribution in [-0.4, -0.2) is 13.0 Å². The van der Waals surface area contributed by atoms with E-state index in [0.717, 1.165) is 17.7 Å². The maximum atomic E-state index is 13.2. The summed E-state index contributed by atoms with van der Waals surface area (Å²) in [4.78, 5) is 12.8. The van der Waals surface area contributed by atoms with Crippen molar-refractivity contribution >= 4 is 9.84 Å². The first-order valence-electron chi connectivity index (χ1n) is 9.10. The second kappa shape index (κ2) is 7.75. The summed E-state index contributed by atoms with van der Waals surface area (Å²) in [6.45, 7) is 4.72. The molecule has 0 amide bonds. The van der Waals surface area contributed by atoms with Crippen molar-refractivity contribution in [1.29, 1.82) is 0 Å². The minimum atomic E-state index is -4.51. The molecule has 3 rings (SSSR count). The Morgan fingerprint density at radius 2 is 1.60 bits per heavy atom. The van der Waals surface area contributed by atoms with Gasteiger partial charge in [-0.2, -0.15) is 13.2 Å². The van der Waals surface area contributed by atoms with Gasteiger partial charge in [0.05, 0.1) is 17.0 Å². The minimum absolute atomic E-state index is 0.00262. The zero-order chi connectivity index (χ0) is 22.3. The van der Waals surface area contributed by atoms with Crippen molar-refractivity contribution in [2.24, 2.45) is 0 Å². The topological polar surface area (TPSA) is 56.1 Å². The second-order valence-electron chi connectivity index (χ2n) is 7.21. The van der Waals surface area contributed by atoms with Crippen molar-refractivity contribution < 1.29 is 21.6 Å². The first-order chi connectivity index (χ1) is 13.9. The molecule has 0 unspecified atom stereocenters. The molecule has 0 saturated carbocycles. The van der Waals surface area contributed by atoms with Crippen LogP contribution in [0.3, 0.4) is 0 Å². The number of aryl methyl sites for hydroxylation is 3. The molecule has 8 heteroatoms. The predicted octanol–water partition coefficient (Wildman–Crippen LogP) is 4.67. The Bertz CT molecular complexity index is 1280. The first kappa shape index (κ1) is 21.8. The van der Waals surface area contributed by atoms with E-state index < -0.39 is 27.1 Å². The van der Waals surface area contributed by atoms with Crippen molar-refractivity contribution in [3.63, 3.8) is 0 Å². The van der Waals surface area contributed by atoms with E-state index in [2.05, 4.69) is 0 Å². The Morgan fingerprint density at radius 1 is 0.933 bits per heavy atom. The SMILES string of the molecule is Cc1cccc(S(=O)(=O)c2c(C)cc(C)n(Cc3cccc(C(F)(F)F)c3)c2=O)c1. The average molecular weight is 435 g/mol. The fourth-order valence-corrected chi connectivity index (χ4v) is 5.02. The maximum Gasteiger partial charge on any atom is 0.416 e. The van der Waals surface area contributed by atoms with Gasteiger partial charge in [-0.05, 0) is 67.8 Å². The number of alkyl halides is 3. The highest BCUT2D eigenvalue weighted by Crippen LogP contribution is 2.30. The maximum absolute atomic E-state index is 13.2. The van der Waals surface area contributed by atoms with E-state index in [0.29, 0.717) is 11.3 Å². The number of nitrogens with zero attached hydrogens (tertiary/aromatic N) is 1. The number of hydrogen-bond donors (Lipinski definition) is 0. The minimum Gasteiger partial charge on any atom is -0.307 e. The van der Waals surface area contributed by atoms with Crippen LogP contribution in [0.5, 0.6) is 0 Å². The summed E-state index contributed by atoms with van der Waals surface area (Å²) in [5.74, 6) is 0. The third-order valence-corrected chi connectivity index (χ3v) is 6.72. The second-order valence-corrected chi connectivity index (χ2v) is 9.09. The van der Waals surface area contributed by atoms with Crippen LogP contribution >= 0.6 is 0 Å². The monoisotopic (exact) mass is 435 g/mol. The standard InChI is InChI=1S/C22H20F3NO3S/c1-14-6-4-9-19(10-14)30(28,29)20-15(2)11-16(3)26(21(20)27)13-17-7-5-8-18(12-17)22(23,24)25/h4-12H,13H2,1-3H3. The Morgan fingerprint density at radius 3 is 2.23 bits per heavy atom. The third-order valence-electron chi connectivity index (χ3n) is 4.81. The molecular weight excluding hydrogens is 415 g/mol. The zero-order valence-electron chi connectivity index (χ0n) is 16.6. The van der Waals surface area contributed by atoms with Gasteiger partial charge in [-0.1, -0.05) is 24.3 Å². The van der Waals surface area contributed by atoms with Gasteiger partial charge in [-0.15, -0.1) is 0 Å². The van der Waals surface area contributed by atoms with E-state index in [-0.39, 0.29) is 21.9 Å². The van der Waals surface area contributed by atoms with E-state index in [1.165, 1.54) is 35.8 Å². The fourth-order valence-electron chi connectivity index (χ4n) is 3.36. The molecule has 0 bridgehead atoms. The van der Waals surface area contributed by atoms with E-state index in [9.17, 15) is 26.4 Å². The van der Waals surface area contributed by atoms with Crippen molar-refractivity contribution in [3.8, 4) is 0 Å². The van der Waals surface area contributed by atoms with Gasteiger partial charge in [-0.3, -0.25) is 4.79 Å². The van der Waals surface area contributed by atoms with Gasteiger partial charge in [0.25, 0.3) is 5.56 Å². The molecular formula is C22H20F3NO3S. The molecule has 2 aromatic carbocycles. The lowest BCUT2D eigenvalue weighted by Crippen LogP contribution is -2.29. The molecule has 4 nitrogen and oxygen atoms in total. The summed E-state index contributed by atoms with van der Waals surface area (Å²) in [6, 6.07) is 12.4. The van der Waals surface area contributed by atoms with Crippen LogP contribution in [0, 0.1) is 20.8 Å². The van der Waals surface area contributed by atoms with Gasteiger partial charge >= 0.3 is 6.18 Å². The van der Waals surface area contributed by atoms with Gasteiger partial charge in [0.15, 0.2) is 0 Å². The van der Waals surface area contributed by atoms with Crippen LogP contribution in [0.2, 0.25) is 0 Å². The number of aromatic nitrogens is 1. The van der Waals surface area contributed by atoms with Crippen molar-refractivity contribution in [3.05, 3.63) is 92.9 Å². The van der Waals surface area contributed by atoms with E-state index >= 15 is 0 Å². The van der Waals surface area contributed by atoms with Crippen LogP contribution in [0.15, 0.2) is 69.2 Å². The predicted molar refractivity (Wildman–Crippen MR) is 107 cm³/mol. The van der Waals surface area contributed by atoms with Gasteiger partial charge < -0.3 is 4.57 Å². The molecule has 0 N–H and O–H groups in total. The number of hydrogen-bond acceptors (Lipinski definition) is 3. The Hall–Kier alpha value is -2.87. The summed E-state index contributed by atoms with van der Waals surface area (Å²) < 4.78 is 66.6. The quantitative estimate of drug-likeness (QED) is 0.598. The molecule has 1 heterocycles. The van der Waals surface area contributed by atoms with E-state index in [1.807, 2.05) is 0 Å². The lowest BCUT2D eigenvalue weighted by Gasteiger charge is -2.16. The summed E-state index contributed by atoms with van der Waals surface area (Å²) in [5, 5.41) is 0. The molecule has 158 valence electrons. The van der Waals surface area contributed by atoms with Crippen molar-refractivity contribution in [2.45, 2.75) is 43.3 Å². The molecule has 0 aliphatic carbocycles. The normalized spacial score (nSPS) is 12.2. The lowest BCUT2D eigenvalue weighted by molar-refractivity contribution is -0.137. The summed E-state index contributed by atoms with van der Waals surface area (Å²) in [7, 11) is -4.10. The molecule has 1 aromatic heterocycles. The van der Waals surface area contributed by atoms with Crippen molar-refractivity contribution in [1.82, 2.24) is 4.57 Å². The van der Waals surface area contributed by atoms with Gasteiger partial charge in [0.1, 0.15) is 4.90 Å². The van der Waals surface area contributed by atoms with Crippen molar-refractivity contribution in [2.75, 3.05) is 0 Å². The molecule has 0 saturated heterocycles. The summed E-state index contributed by atoms with van der Waals surface area (Å²) in [5.41, 5.74) is 0.136. The lowest BCUT2D eigenvalue weighted by atomic mass is 10.1. The molecule has 0 spiro atoms. The molecule has 30 heavy (non-hydrogen) atoms. The summed E-state index contributed by atoms with van der Waals surface area (Å²) >= 11 is 0. The summed E-state index contributed by atoms with van der Waals surface area (Å²) in [6.07, 6.45) is -4.51. The van der Waals surface area contributed by atoms with Crippen LogP contribution < -0.4 is 5.56 Å². The van der Waals surface area contributed by atoms with Gasteiger partial charge in [0.2, 0.25) is 9.84 Å². The van der Waals surface area contributed by atoms with Gasteiger partial charge in [-0.25, -0.2) is 8.42 Å². The molecule has 0 radical (unpaired) electrons. The highest BCUT2D eigenvalue weighted by molar-refractivity contribution is 7.91.